The maximum atomic E-state index is 10.6. The van der Waals surface area contributed by atoms with E-state index in [1.54, 1.807) is 0 Å². The predicted molar refractivity (Wildman–Crippen MR) is 40.8 cm³/mol. The van der Waals surface area contributed by atoms with Crippen LogP contribution in [0.3, 0.4) is 0 Å². The molecule has 0 radical (unpaired) electrons. The van der Waals surface area contributed by atoms with Crippen LogP contribution < -0.4 is 0 Å². The summed E-state index contributed by atoms with van der Waals surface area (Å²) in [7, 11) is 0. The first kappa shape index (κ1) is 8.80. The molecule has 4 nitrogen and oxygen atoms in total. The molecule has 0 aliphatic heterocycles. The molecule has 0 aromatic rings. The summed E-state index contributed by atoms with van der Waals surface area (Å²) >= 11 is -1.96. The van der Waals surface area contributed by atoms with Gasteiger partial charge in [-0.1, -0.05) is 5.18 Å². The summed E-state index contributed by atoms with van der Waals surface area (Å²) in [5.41, 5.74) is 0. The van der Waals surface area contributed by atoms with Crippen molar-refractivity contribution in [1.82, 2.24) is 0 Å². The molecule has 1 unspecified atom stereocenters. The molecular formula is C6H10NO3S-. The molecule has 1 atom stereocenters. The second kappa shape index (κ2) is 3.40. The highest BCUT2D eigenvalue weighted by atomic mass is 32.2. The maximum absolute atomic E-state index is 10.6. The highest BCUT2D eigenvalue weighted by molar-refractivity contribution is 7.81. The minimum atomic E-state index is -1.96. The van der Waals surface area contributed by atoms with Crippen LogP contribution in [0.15, 0.2) is 5.18 Å². The Morgan fingerprint density at radius 3 is 2.55 bits per heavy atom. The third-order valence-corrected chi connectivity index (χ3v) is 3.36. The van der Waals surface area contributed by atoms with Crippen LogP contribution in [0.25, 0.3) is 0 Å². The molecule has 11 heavy (non-hydrogen) atoms. The second-order valence-electron chi connectivity index (χ2n) is 2.87. The molecule has 1 aliphatic carbocycles. The van der Waals surface area contributed by atoms with Gasteiger partial charge in [-0.15, -0.1) is 0 Å². The van der Waals surface area contributed by atoms with E-state index in [2.05, 4.69) is 5.18 Å². The Balaban J connectivity index is 2.25. The summed E-state index contributed by atoms with van der Waals surface area (Å²) < 4.78 is 20.7. The van der Waals surface area contributed by atoms with Gasteiger partial charge in [0.05, 0.1) is 6.54 Å². The molecule has 0 N–H and O–H groups in total. The van der Waals surface area contributed by atoms with Crippen molar-refractivity contribution in [1.29, 1.82) is 0 Å². The van der Waals surface area contributed by atoms with E-state index in [-0.39, 0.29) is 6.54 Å². The lowest BCUT2D eigenvalue weighted by atomic mass is 10.2. The largest absolute Gasteiger partial charge is 0.772 e. The molecule has 1 saturated carbocycles. The minimum Gasteiger partial charge on any atom is -0.772 e. The summed E-state index contributed by atoms with van der Waals surface area (Å²) in [6.45, 7) is 0.235. The van der Waals surface area contributed by atoms with Crippen molar-refractivity contribution in [2.75, 3.05) is 6.54 Å². The van der Waals surface area contributed by atoms with Crippen molar-refractivity contribution in [2.24, 2.45) is 5.18 Å². The van der Waals surface area contributed by atoms with Crippen LogP contribution in [0.5, 0.6) is 0 Å². The van der Waals surface area contributed by atoms with Gasteiger partial charge in [0.1, 0.15) is 0 Å². The smallest absolute Gasteiger partial charge is 0.0811 e. The van der Waals surface area contributed by atoms with Crippen molar-refractivity contribution in [2.45, 2.75) is 30.4 Å². The van der Waals surface area contributed by atoms with E-state index in [1.807, 2.05) is 0 Å². The Labute approximate surface area is 67.6 Å². The first-order valence-corrected chi connectivity index (χ1v) is 4.67. The molecule has 1 fully saturated rings. The van der Waals surface area contributed by atoms with Crippen molar-refractivity contribution < 1.29 is 8.76 Å². The summed E-state index contributed by atoms with van der Waals surface area (Å²) in [4.78, 5) is 9.68. The van der Waals surface area contributed by atoms with Gasteiger partial charge in [-0.25, -0.2) is 0 Å². The van der Waals surface area contributed by atoms with E-state index in [0.717, 1.165) is 12.8 Å². The second-order valence-corrected chi connectivity index (χ2v) is 4.21. The van der Waals surface area contributed by atoms with E-state index in [9.17, 15) is 13.7 Å². The fraction of sp³-hybridized carbons (Fsp3) is 1.00. The molecule has 0 amide bonds. The molecular weight excluding hydrogens is 166 g/mol. The Hall–Kier alpha value is -0.290. The maximum Gasteiger partial charge on any atom is 0.0811 e. The van der Waals surface area contributed by atoms with Gasteiger partial charge >= 0.3 is 0 Å². The van der Waals surface area contributed by atoms with Crippen LogP contribution in [0, 0.1) is 4.91 Å². The molecule has 64 valence electrons. The average Bonchev–Trinajstić information content (AvgIpc) is 2.70. The standard InChI is InChI=1S/C6H11NO3S/c8-7-5-1-2-6(3-4-6)11(9)10/h1-5H2,(H,9,10)/p-1. The third-order valence-electron chi connectivity index (χ3n) is 2.04. The van der Waals surface area contributed by atoms with Gasteiger partial charge in [-0.2, -0.15) is 4.91 Å². The van der Waals surface area contributed by atoms with Gasteiger partial charge in [-0.05, 0) is 36.8 Å². The lowest BCUT2D eigenvalue weighted by molar-refractivity contribution is 0.509. The fourth-order valence-corrected chi connectivity index (χ4v) is 1.85. The van der Waals surface area contributed by atoms with E-state index in [1.165, 1.54) is 0 Å². The molecule has 1 aliphatic rings. The summed E-state index contributed by atoms with van der Waals surface area (Å²) in [6, 6.07) is 0. The quantitative estimate of drug-likeness (QED) is 0.355. The Kier molecular flexibility index (Phi) is 2.72. The first-order chi connectivity index (χ1) is 5.21. The summed E-state index contributed by atoms with van der Waals surface area (Å²) in [5, 5.41) is 2.67. The first-order valence-electron chi connectivity index (χ1n) is 3.60. The molecule has 0 aromatic carbocycles. The lowest BCUT2D eigenvalue weighted by Gasteiger charge is -2.16. The average molecular weight is 176 g/mol. The molecule has 1 rings (SSSR count). The van der Waals surface area contributed by atoms with E-state index in [0.29, 0.717) is 12.8 Å². The Bertz CT molecular complexity index is 179. The summed E-state index contributed by atoms with van der Waals surface area (Å²) in [5.74, 6) is 0. The van der Waals surface area contributed by atoms with Gasteiger partial charge in [0, 0.05) is 4.75 Å². The SMILES string of the molecule is O=NCCCC1(S(=O)[O-])CC1. The predicted octanol–water partition coefficient (Wildman–Crippen LogP) is 0.945. The topological polar surface area (TPSA) is 69.6 Å². The number of hydrogen-bond donors (Lipinski definition) is 0. The highest BCUT2D eigenvalue weighted by Crippen LogP contribution is 2.44. The van der Waals surface area contributed by atoms with E-state index >= 15 is 0 Å². The van der Waals surface area contributed by atoms with E-state index in [4.69, 9.17) is 0 Å². The number of nitrogens with zero attached hydrogens (tertiary/aromatic N) is 1. The van der Waals surface area contributed by atoms with Crippen molar-refractivity contribution in [3.05, 3.63) is 4.91 Å². The Morgan fingerprint density at radius 1 is 1.55 bits per heavy atom. The van der Waals surface area contributed by atoms with Gasteiger partial charge in [0.2, 0.25) is 0 Å². The van der Waals surface area contributed by atoms with Crippen LogP contribution in [0.1, 0.15) is 25.7 Å². The van der Waals surface area contributed by atoms with E-state index < -0.39 is 15.8 Å². The molecule has 0 bridgehead atoms. The van der Waals surface area contributed by atoms with Crippen LogP contribution in [-0.4, -0.2) is 20.1 Å². The van der Waals surface area contributed by atoms with Crippen LogP contribution >= 0.6 is 0 Å². The molecule has 0 heterocycles. The highest BCUT2D eigenvalue weighted by Gasteiger charge is 2.43. The molecule has 5 heteroatoms. The van der Waals surface area contributed by atoms with Crippen molar-refractivity contribution in [3.63, 3.8) is 0 Å². The number of nitroso groups, excluding NO2 is 1. The van der Waals surface area contributed by atoms with Gasteiger partial charge in [0.25, 0.3) is 0 Å². The third kappa shape index (κ3) is 2.07. The zero-order chi connectivity index (χ0) is 8.32. The monoisotopic (exact) mass is 176 g/mol. The Morgan fingerprint density at radius 2 is 2.18 bits per heavy atom. The zero-order valence-corrected chi connectivity index (χ0v) is 6.93. The van der Waals surface area contributed by atoms with Gasteiger partial charge in [0.15, 0.2) is 0 Å². The normalized spacial score (nSPS) is 22.6. The van der Waals surface area contributed by atoms with Gasteiger partial charge < -0.3 is 4.55 Å². The van der Waals surface area contributed by atoms with Crippen LogP contribution in [0.4, 0.5) is 0 Å². The number of hydrogen-bond acceptors (Lipinski definition) is 4. The van der Waals surface area contributed by atoms with Crippen molar-refractivity contribution in [3.8, 4) is 0 Å². The van der Waals surface area contributed by atoms with Crippen molar-refractivity contribution >= 4 is 11.1 Å². The van der Waals surface area contributed by atoms with Gasteiger partial charge in [-0.3, -0.25) is 4.21 Å². The van der Waals surface area contributed by atoms with Crippen LogP contribution in [-0.2, 0) is 11.1 Å². The minimum absolute atomic E-state index is 0.235. The molecule has 0 aromatic heterocycles. The molecule has 0 saturated heterocycles. The zero-order valence-electron chi connectivity index (χ0n) is 6.12. The molecule has 0 spiro atoms. The number of rotatable bonds is 5. The van der Waals surface area contributed by atoms with Crippen LogP contribution in [0.2, 0.25) is 0 Å². The summed E-state index contributed by atoms with van der Waals surface area (Å²) in [6.07, 6.45) is 2.69. The fourth-order valence-electron chi connectivity index (χ4n) is 1.11. The lowest BCUT2D eigenvalue weighted by Crippen LogP contribution is -2.16.